The van der Waals surface area contributed by atoms with E-state index in [9.17, 15) is 14.0 Å². The van der Waals surface area contributed by atoms with Gasteiger partial charge in [0.15, 0.2) is 0 Å². The van der Waals surface area contributed by atoms with Gasteiger partial charge in [0, 0.05) is 10.4 Å². The summed E-state index contributed by atoms with van der Waals surface area (Å²) in [6.45, 7) is 1.70. The highest BCUT2D eigenvalue weighted by Gasteiger charge is 2.28. The lowest BCUT2D eigenvalue weighted by atomic mass is 9.95. The molecule has 29 heavy (non-hydrogen) atoms. The van der Waals surface area contributed by atoms with Crippen molar-refractivity contribution in [3.63, 3.8) is 0 Å². The quantitative estimate of drug-likeness (QED) is 0.584. The molecular formula is C22H20FNO4S. The average Bonchev–Trinajstić information content (AvgIpc) is 3.28. The fourth-order valence-electron chi connectivity index (χ4n) is 3.61. The standard InChI is InChI=1S/C22H20FNO4S/c1-12-16(11-17(28-12)13-7-9-14(23)10-8-13)20(25)24-21-19(22(26)27-2)15-5-3-4-6-18(15)29-21/h7-11H,3-6H2,1-2H3,(H,24,25). The fourth-order valence-corrected chi connectivity index (χ4v) is 4.88. The number of rotatable bonds is 4. The summed E-state index contributed by atoms with van der Waals surface area (Å²) in [5.74, 6) is -0.208. The number of nitrogens with one attached hydrogen (secondary N) is 1. The van der Waals surface area contributed by atoms with Crippen LogP contribution in [0.15, 0.2) is 34.7 Å². The van der Waals surface area contributed by atoms with Gasteiger partial charge in [-0.2, -0.15) is 0 Å². The second kappa shape index (κ2) is 7.83. The summed E-state index contributed by atoms with van der Waals surface area (Å²) >= 11 is 1.43. The lowest BCUT2D eigenvalue weighted by molar-refractivity contribution is 0.0601. The smallest absolute Gasteiger partial charge is 0.341 e. The van der Waals surface area contributed by atoms with E-state index in [2.05, 4.69) is 5.32 Å². The topological polar surface area (TPSA) is 68.5 Å². The molecule has 0 atom stereocenters. The average molecular weight is 413 g/mol. The van der Waals surface area contributed by atoms with Crippen LogP contribution in [0.25, 0.3) is 11.3 Å². The van der Waals surface area contributed by atoms with Crippen molar-refractivity contribution in [2.45, 2.75) is 32.6 Å². The first-order valence-electron chi connectivity index (χ1n) is 9.38. The number of benzene rings is 1. The van der Waals surface area contributed by atoms with Gasteiger partial charge in [0.2, 0.25) is 0 Å². The molecule has 1 aromatic carbocycles. The van der Waals surface area contributed by atoms with E-state index < -0.39 is 5.97 Å². The molecule has 0 radical (unpaired) electrons. The van der Waals surface area contributed by atoms with E-state index in [1.54, 1.807) is 25.1 Å². The summed E-state index contributed by atoms with van der Waals surface area (Å²) in [5, 5.41) is 3.38. The Morgan fingerprint density at radius 3 is 2.62 bits per heavy atom. The Labute approximate surface area is 171 Å². The number of amides is 1. The Morgan fingerprint density at radius 1 is 1.17 bits per heavy atom. The minimum absolute atomic E-state index is 0.341. The molecule has 5 nitrogen and oxygen atoms in total. The normalized spacial score (nSPS) is 13.1. The van der Waals surface area contributed by atoms with E-state index in [1.807, 2.05) is 0 Å². The Balaban J connectivity index is 1.64. The van der Waals surface area contributed by atoms with Gasteiger partial charge in [0.1, 0.15) is 22.3 Å². The Bertz CT molecular complexity index is 1080. The third-order valence-electron chi connectivity index (χ3n) is 5.08. The molecule has 0 aliphatic heterocycles. The van der Waals surface area contributed by atoms with E-state index in [0.717, 1.165) is 36.1 Å². The Kier molecular flexibility index (Phi) is 5.24. The molecule has 4 rings (SSSR count). The maximum atomic E-state index is 13.2. The highest BCUT2D eigenvalue weighted by Crippen LogP contribution is 2.39. The van der Waals surface area contributed by atoms with E-state index in [1.165, 1.54) is 30.6 Å². The van der Waals surface area contributed by atoms with Crippen LogP contribution in [0.2, 0.25) is 0 Å². The van der Waals surface area contributed by atoms with E-state index in [-0.39, 0.29) is 11.7 Å². The van der Waals surface area contributed by atoms with Crippen LogP contribution in [0.5, 0.6) is 0 Å². The first-order chi connectivity index (χ1) is 14.0. The number of hydrogen-bond donors (Lipinski definition) is 1. The summed E-state index contributed by atoms with van der Waals surface area (Å²) in [4.78, 5) is 26.4. The number of esters is 1. The molecule has 0 saturated carbocycles. The molecule has 1 aliphatic carbocycles. The van der Waals surface area contributed by atoms with Crippen molar-refractivity contribution in [2.24, 2.45) is 0 Å². The number of carbonyl (C=O) groups excluding carboxylic acids is 2. The van der Waals surface area contributed by atoms with Crippen molar-refractivity contribution >= 4 is 28.2 Å². The second-order valence-electron chi connectivity index (χ2n) is 6.95. The molecule has 1 amide bonds. The van der Waals surface area contributed by atoms with Gasteiger partial charge in [0.05, 0.1) is 18.2 Å². The zero-order valence-corrected chi connectivity index (χ0v) is 17.0. The van der Waals surface area contributed by atoms with Crippen LogP contribution in [0.4, 0.5) is 9.39 Å². The van der Waals surface area contributed by atoms with Gasteiger partial charge in [-0.25, -0.2) is 9.18 Å². The highest BCUT2D eigenvalue weighted by atomic mass is 32.1. The molecule has 0 bridgehead atoms. The zero-order valence-electron chi connectivity index (χ0n) is 16.1. The summed E-state index contributed by atoms with van der Waals surface area (Å²) in [6.07, 6.45) is 3.80. The lowest BCUT2D eigenvalue weighted by Crippen LogP contribution is -2.15. The molecule has 2 heterocycles. The zero-order chi connectivity index (χ0) is 20.5. The number of thiophene rings is 1. The third kappa shape index (κ3) is 3.70. The number of fused-ring (bicyclic) bond motifs is 1. The molecule has 1 N–H and O–H groups in total. The molecule has 150 valence electrons. The van der Waals surface area contributed by atoms with Crippen LogP contribution in [0.1, 0.15) is 49.8 Å². The molecule has 2 aromatic heterocycles. The van der Waals surface area contributed by atoms with Gasteiger partial charge in [-0.05, 0) is 68.5 Å². The van der Waals surface area contributed by atoms with Crippen molar-refractivity contribution in [2.75, 3.05) is 12.4 Å². The van der Waals surface area contributed by atoms with Gasteiger partial charge in [-0.15, -0.1) is 11.3 Å². The summed E-state index contributed by atoms with van der Waals surface area (Å²) in [6, 6.07) is 7.50. The number of carbonyl (C=O) groups is 2. The molecular weight excluding hydrogens is 393 g/mol. The molecule has 7 heteroatoms. The summed E-state index contributed by atoms with van der Waals surface area (Å²) in [7, 11) is 1.34. The maximum Gasteiger partial charge on any atom is 0.341 e. The molecule has 0 saturated heterocycles. The number of methoxy groups -OCH3 is 1. The monoisotopic (exact) mass is 413 g/mol. The van der Waals surface area contributed by atoms with Gasteiger partial charge in [0.25, 0.3) is 5.91 Å². The van der Waals surface area contributed by atoms with Crippen molar-refractivity contribution in [1.29, 1.82) is 0 Å². The largest absolute Gasteiger partial charge is 0.465 e. The minimum atomic E-state index is -0.435. The number of furan rings is 1. The van der Waals surface area contributed by atoms with Crippen molar-refractivity contribution < 1.29 is 23.1 Å². The molecule has 1 aliphatic rings. The first-order valence-corrected chi connectivity index (χ1v) is 10.2. The van der Waals surface area contributed by atoms with Gasteiger partial charge < -0.3 is 14.5 Å². The fraction of sp³-hybridized carbons (Fsp3) is 0.273. The number of aryl methyl sites for hydroxylation is 2. The summed E-state index contributed by atoms with van der Waals surface area (Å²) < 4.78 is 23.8. The summed E-state index contributed by atoms with van der Waals surface area (Å²) in [5.41, 5.74) is 2.49. The van der Waals surface area contributed by atoms with Crippen molar-refractivity contribution in [3.05, 3.63) is 63.5 Å². The van der Waals surface area contributed by atoms with E-state index in [0.29, 0.717) is 33.2 Å². The van der Waals surface area contributed by atoms with Crippen molar-refractivity contribution in [1.82, 2.24) is 0 Å². The first kappa shape index (κ1) is 19.4. The van der Waals surface area contributed by atoms with Crippen LogP contribution in [0.3, 0.4) is 0 Å². The number of ether oxygens (including phenoxy) is 1. The number of halogens is 1. The van der Waals surface area contributed by atoms with Crippen LogP contribution < -0.4 is 5.32 Å². The van der Waals surface area contributed by atoms with Crippen molar-refractivity contribution in [3.8, 4) is 11.3 Å². The third-order valence-corrected chi connectivity index (χ3v) is 6.29. The number of hydrogen-bond acceptors (Lipinski definition) is 5. The van der Waals surface area contributed by atoms with Crippen LogP contribution >= 0.6 is 11.3 Å². The predicted molar refractivity (Wildman–Crippen MR) is 109 cm³/mol. The molecule has 0 fully saturated rings. The minimum Gasteiger partial charge on any atom is -0.465 e. The maximum absolute atomic E-state index is 13.2. The Hall–Kier alpha value is -2.93. The number of anilines is 1. The second-order valence-corrected chi connectivity index (χ2v) is 8.05. The molecule has 3 aromatic rings. The predicted octanol–water partition coefficient (Wildman–Crippen LogP) is 5.37. The molecule has 0 unspecified atom stereocenters. The van der Waals surface area contributed by atoms with Crippen LogP contribution in [0, 0.1) is 12.7 Å². The van der Waals surface area contributed by atoms with Gasteiger partial charge in [-0.1, -0.05) is 0 Å². The molecule has 0 spiro atoms. The van der Waals surface area contributed by atoms with Crippen LogP contribution in [-0.2, 0) is 17.6 Å². The van der Waals surface area contributed by atoms with E-state index >= 15 is 0 Å². The van der Waals surface area contributed by atoms with Crippen LogP contribution in [-0.4, -0.2) is 19.0 Å². The highest BCUT2D eigenvalue weighted by molar-refractivity contribution is 7.17. The Morgan fingerprint density at radius 2 is 1.90 bits per heavy atom. The lowest BCUT2D eigenvalue weighted by Gasteiger charge is -2.11. The van der Waals surface area contributed by atoms with Gasteiger partial charge in [-0.3, -0.25) is 4.79 Å². The SMILES string of the molecule is COC(=O)c1c(NC(=O)c2cc(-c3ccc(F)cc3)oc2C)sc2c1CCCC2. The van der Waals surface area contributed by atoms with Gasteiger partial charge >= 0.3 is 5.97 Å². The van der Waals surface area contributed by atoms with E-state index in [4.69, 9.17) is 9.15 Å².